The van der Waals surface area contributed by atoms with Gasteiger partial charge < -0.3 is 15.3 Å². The highest BCUT2D eigenvalue weighted by Gasteiger charge is 2.01. The smallest absolute Gasteiger partial charge is 0.300 e. The molecule has 0 atom stereocenters. The van der Waals surface area contributed by atoms with Crippen molar-refractivity contribution in [1.82, 2.24) is 0 Å². The summed E-state index contributed by atoms with van der Waals surface area (Å²) in [7, 11) is 1.90. The van der Waals surface area contributed by atoms with Gasteiger partial charge in [0.2, 0.25) is 0 Å². The van der Waals surface area contributed by atoms with Crippen LogP contribution in [0.2, 0.25) is 0 Å². The summed E-state index contributed by atoms with van der Waals surface area (Å²) in [6, 6.07) is 16.8. The summed E-state index contributed by atoms with van der Waals surface area (Å²) in [6.45, 7) is 0.665. The second-order valence-electron chi connectivity index (χ2n) is 4.76. The predicted molar refractivity (Wildman–Crippen MR) is 88.7 cm³/mol. The first-order chi connectivity index (χ1) is 10.7. The third-order valence-electron chi connectivity index (χ3n) is 3.10. The number of benzene rings is 2. The molecule has 2 aromatic carbocycles. The molecule has 0 aliphatic carbocycles. The molecule has 0 aliphatic heterocycles. The number of hydrogen-bond donors (Lipinski definition) is 2. The second kappa shape index (κ2) is 7.87. The standard InChI is InChI=1S/C18H18N2O2/c1-20(13-14-21)17-10-8-16(9-11-17)19-18(22)12-7-15-5-3-2-4-6-15/h2-6,8-11,21H,13-14H2,1H3,(H,19,22). The van der Waals surface area contributed by atoms with Crippen molar-refractivity contribution in [1.29, 1.82) is 0 Å². The van der Waals surface area contributed by atoms with Crippen LogP contribution in [0.3, 0.4) is 0 Å². The number of hydrogen-bond acceptors (Lipinski definition) is 3. The van der Waals surface area contributed by atoms with Crippen LogP contribution < -0.4 is 10.2 Å². The lowest BCUT2D eigenvalue weighted by atomic mass is 10.2. The summed E-state index contributed by atoms with van der Waals surface area (Å²) in [5.74, 6) is 5.03. The molecule has 2 rings (SSSR count). The number of aliphatic hydroxyl groups excluding tert-OH is 1. The van der Waals surface area contributed by atoms with Crippen LogP contribution in [-0.4, -0.2) is 31.2 Å². The molecule has 2 aromatic rings. The molecule has 0 aliphatic rings. The lowest BCUT2D eigenvalue weighted by molar-refractivity contribution is -0.111. The molecule has 0 aromatic heterocycles. The van der Waals surface area contributed by atoms with Crippen LogP contribution in [0.4, 0.5) is 11.4 Å². The molecule has 0 heterocycles. The highest BCUT2D eigenvalue weighted by molar-refractivity contribution is 6.04. The van der Waals surface area contributed by atoms with Gasteiger partial charge in [-0.05, 0) is 36.4 Å². The summed E-state index contributed by atoms with van der Waals surface area (Å²) in [6.07, 6.45) is 0. The largest absolute Gasteiger partial charge is 0.395 e. The van der Waals surface area contributed by atoms with E-state index in [0.29, 0.717) is 12.2 Å². The van der Waals surface area contributed by atoms with Crippen LogP contribution in [0.25, 0.3) is 0 Å². The van der Waals surface area contributed by atoms with Crippen molar-refractivity contribution in [3.8, 4) is 11.8 Å². The molecule has 112 valence electrons. The molecular weight excluding hydrogens is 276 g/mol. The topological polar surface area (TPSA) is 52.6 Å². The summed E-state index contributed by atoms with van der Waals surface area (Å²) in [5, 5.41) is 11.6. The average molecular weight is 294 g/mol. The highest BCUT2D eigenvalue weighted by atomic mass is 16.3. The Hall–Kier alpha value is -2.77. The van der Waals surface area contributed by atoms with Crippen LogP contribution in [0, 0.1) is 11.8 Å². The molecule has 4 nitrogen and oxygen atoms in total. The molecule has 2 N–H and O–H groups in total. The summed E-state index contributed by atoms with van der Waals surface area (Å²) >= 11 is 0. The third-order valence-corrected chi connectivity index (χ3v) is 3.10. The maximum atomic E-state index is 11.8. The van der Waals surface area contributed by atoms with Crippen LogP contribution in [-0.2, 0) is 4.79 Å². The van der Waals surface area contributed by atoms with Gasteiger partial charge in [-0.1, -0.05) is 24.1 Å². The molecule has 0 spiro atoms. The van der Waals surface area contributed by atoms with Crippen LogP contribution in [0.5, 0.6) is 0 Å². The third kappa shape index (κ3) is 4.65. The molecule has 1 amide bonds. The van der Waals surface area contributed by atoms with E-state index in [-0.39, 0.29) is 12.5 Å². The number of likely N-dealkylation sites (N-methyl/N-ethyl adjacent to an activating group) is 1. The van der Waals surface area contributed by atoms with E-state index >= 15 is 0 Å². The van der Waals surface area contributed by atoms with Gasteiger partial charge in [0.05, 0.1) is 6.61 Å². The van der Waals surface area contributed by atoms with Gasteiger partial charge in [0.1, 0.15) is 0 Å². The maximum absolute atomic E-state index is 11.8. The Morgan fingerprint density at radius 3 is 2.45 bits per heavy atom. The van der Waals surface area contributed by atoms with Gasteiger partial charge in [-0.15, -0.1) is 0 Å². The van der Waals surface area contributed by atoms with Gasteiger partial charge in [0.25, 0.3) is 0 Å². The minimum atomic E-state index is -0.347. The minimum Gasteiger partial charge on any atom is -0.395 e. The van der Waals surface area contributed by atoms with Crippen LogP contribution >= 0.6 is 0 Å². The Bertz CT molecular complexity index is 670. The minimum absolute atomic E-state index is 0.101. The van der Waals surface area contributed by atoms with E-state index in [1.165, 1.54) is 0 Å². The number of nitrogens with one attached hydrogen (secondary N) is 1. The molecular formula is C18H18N2O2. The lowest BCUT2D eigenvalue weighted by Gasteiger charge is -2.17. The zero-order chi connectivity index (χ0) is 15.8. The Balaban J connectivity index is 1.96. The first-order valence-corrected chi connectivity index (χ1v) is 6.99. The van der Waals surface area contributed by atoms with E-state index in [1.54, 1.807) is 0 Å². The number of carbonyl (C=O) groups is 1. The van der Waals surface area contributed by atoms with Crippen molar-refractivity contribution >= 4 is 17.3 Å². The zero-order valence-corrected chi connectivity index (χ0v) is 12.4. The zero-order valence-electron chi connectivity index (χ0n) is 12.4. The van der Waals surface area contributed by atoms with E-state index in [0.717, 1.165) is 11.3 Å². The molecule has 22 heavy (non-hydrogen) atoms. The van der Waals surface area contributed by atoms with E-state index in [2.05, 4.69) is 17.2 Å². The monoisotopic (exact) mass is 294 g/mol. The molecule has 0 radical (unpaired) electrons. The maximum Gasteiger partial charge on any atom is 0.300 e. The number of rotatable bonds is 4. The Morgan fingerprint density at radius 2 is 1.82 bits per heavy atom. The fraction of sp³-hybridized carbons (Fsp3) is 0.167. The van der Waals surface area contributed by atoms with Gasteiger partial charge >= 0.3 is 5.91 Å². The fourth-order valence-electron chi connectivity index (χ4n) is 1.89. The first-order valence-electron chi connectivity index (χ1n) is 6.99. The number of anilines is 2. The van der Waals surface area contributed by atoms with E-state index in [4.69, 9.17) is 5.11 Å². The summed E-state index contributed by atoms with van der Waals surface area (Å²) in [4.78, 5) is 13.7. The van der Waals surface area contributed by atoms with Crippen molar-refractivity contribution in [3.63, 3.8) is 0 Å². The van der Waals surface area contributed by atoms with Crippen LogP contribution in [0.1, 0.15) is 5.56 Å². The normalized spacial score (nSPS) is 9.55. The van der Waals surface area contributed by atoms with Crippen molar-refractivity contribution in [2.24, 2.45) is 0 Å². The van der Waals surface area contributed by atoms with Gasteiger partial charge in [0.15, 0.2) is 0 Å². The highest BCUT2D eigenvalue weighted by Crippen LogP contribution is 2.16. The van der Waals surface area contributed by atoms with Crippen LogP contribution in [0.15, 0.2) is 54.6 Å². The molecule has 0 fully saturated rings. The van der Waals surface area contributed by atoms with E-state index < -0.39 is 0 Å². The summed E-state index contributed by atoms with van der Waals surface area (Å²) < 4.78 is 0. The van der Waals surface area contributed by atoms with Crippen molar-refractivity contribution < 1.29 is 9.90 Å². The number of aliphatic hydroxyl groups is 1. The van der Waals surface area contributed by atoms with Gasteiger partial charge in [-0.2, -0.15) is 0 Å². The van der Waals surface area contributed by atoms with Crippen molar-refractivity contribution in [2.75, 3.05) is 30.4 Å². The Labute approximate surface area is 130 Å². The van der Waals surface area contributed by atoms with E-state index in [1.807, 2.05) is 66.5 Å². The van der Waals surface area contributed by atoms with Gasteiger partial charge in [0, 0.05) is 36.5 Å². The number of carbonyl (C=O) groups excluding carboxylic acids is 1. The number of nitrogens with zero attached hydrogens (tertiary/aromatic N) is 1. The van der Waals surface area contributed by atoms with Gasteiger partial charge in [-0.3, -0.25) is 4.79 Å². The molecule has 0 unspecified atom stereocenters. The average Bonchev–Trinajstić information content (AvgIpc) is 2.55. The molecule has 0 saturated carbocycles. The Morgan fingerprint density at radius 1 is 1.14 bits per heavy atom. The molecule has 4 heteroatoms. The Kier molecular flexibility index (Phi) is 5.58. The van der Waals surface area contributed by atoms with Crippen molar-refractivity contribution in [2.45, 2.75) is 0 Å². The van der Waals surface area contributed by atoms with E-state index in [9.17, 15) is 4.79 Å². The second-order valence-corrected chi connectivity index (χ2v) is 4.76. The molecule has 0 saturated heterocycles. The van der Waals surface area contributed by atoms with Crippen molar-refractivity contribution in [3.05, 3.63) is 60.2 Å². The molecule has 0 bridgehead atoms. The summed E-state index contributed by atoms with van der Waals surface area (Å²) in [5.41, 5.74) is 2.47. The van der Waals surface area contributed by atoms with Gasteiger partial charge in [-0.25, -0.2) is 0 Å². The quantitative estimate of drug-likeness (QED) is 0.849. The first kappa shape index (κ1) is 15.6. The predicted octanol–water partition coefficient (Wildman–Crippen LogP) is 2.11. The lowest BCUT2D eigenvalue weighted by Crippen LogP contribution is -2.21. The number of amides is 1. The SMILES string of the molecule is CN(CCO)c1ccc(NC(=O)C#Cc2ccccc2)cc1. The fourth-order valence-corrected chi connectivity index (χ4v) is 1.89.